The quantitative estimate of drug-likeness (QED) is 0.470. The van der Waals surface area contributed by atoms with E-state index in [0.717, 1.165) is 16.3 Å². The Morgan fingerprint density at radius 2 is 1.72 bits per heavy atom. The lowest BCUT2D eigenvalue weighted by Crippen LogP contribution is -2.23. The molecule has 5 nitrogen and oxygen atoms in total. The number of thiazole rings is 1. The molecule has 1 aromatic heterocycles. The Kier molecular flexibility index (Phi) is 5.36. The number of nitrogens with one attached hydrogen (secondary N) is 1. The van der Waals surface area contributed by atoms with Gasteiger partial charge in [0, 0.05) is 16.0 Å². The summed E-state index contributed by atoms with van der Waals surface area (Å²) in [6.45, 7) is 0. The molecule has 0 saturated heterocycles. The van der Waals surface area contributed by atoms with Crippen molar-refractivity contribution >= 4 is 54.6 Å². The molecular weight excluding hydrogens is 428 g/mol. The smallest absolute Gasteiger partial charge is 0.241 e. The number of amides is 1. The van der Waals surface area contributed by atoms with E-state index < -0.39 is 21.5 Å². The largest absolute Gasteiger partial charge is 0.301 e. The first-order valence-electron chi connectivity index (χ1n) is 8.64. The summed E-state index contributed by atoms with van der Waals surface area (Å²) in [5.41, 5.74) is 1.54. The van der Waals surface area contributed by atoms with Gasteiger partial charge in [-0.05, 0) is 35.0 Å². The summed E-state index contributed by atoms with van der Waals surface area (Å²) in [4.78, 5) is 16.8. The molecule has 3 aromatic carbocycles. The molecule has 1 amide bonds. The third kappa shape index (κ3) is 4.48. The first-order chi connectivity index (χ1) is 13.9. The number of halogens is 1. The Bertz CT molecular complexity index is 1300. The molecule has 0 bridgehead atoms. The average molecular weight is 443 g/mol. The van der Waals surface area contributed by atoms with Crippen molar-refractivity contribution in [3.05, 3.63) is 77.1 Å². The minimum Gasteiger partial charge on any atom is -0.301 e. The van der Waals surface area contributed by atoms with Crippen molar-refractivity contribution in [3.8, 4) is 11.3 Å². The van der Waals surface area contributed by atoms with Crippen LogP contribution in [0.5, 0.6) is 0 Å². The van der Waals surface area contributed by atoms with Crippen molar-refractivity contribution in [2.75, 3.05) is 11.1 Å². The van der Waals surface area contributed by atoms with Gasteiger partial charge >= 0.3 is 0 Å². The molecule has 1 N–H and O–H groups in total. The number of carbonyl (C=O) groups excluding carboxylic acids is 1. The number of anilines is 1. The van der Waals surface area contributed by atoms with Crippen molar-refractivity contribution in [1.82, 2.24) is 4.98 Å². The molecule has 0 aliphatic heterocycles. The van der Waals surface area contributed by atoms with Gasteiger partial charge in [-0.3, -0.25) is 4.79 Å². The maximum absolute atomic E-state index is 12.6. The molecule has 0 radical (unpaired) electrons. The zero-order chi connectivity index (χ0) is 20.4. The lowest BCUT2D eigenvalue weighted by Gasteiger charge is -2.06. The van der Waals surface area contributed by atoms with Crippen LogP contribution < -0.4 is 5.32 Å². The number of rotatable bonds is 5. The normalized spacial score (nSPS) is 11.5. The van der Waals surface area contributed by atoms with E-state index in [1.807, 2.05) is 36.4 Å². The molecule has 0 fully saturated rings. The number of hydrogen-bond acceptors (Lipinski definition) is 5. The number of sulfone groups is 1. The summed E-state index contributed by atoms with van der Waals surface area (Å²) >= 11 is 7.12. The van der Waals surface area contributed by atoms with Crippen LogP contribution in [-0.2, 0) is 14.6 Å². The van der Waals surface area contributed by atoms with E-state index in [-0.39, 0.29) is 4.90 Å². The van der Waals surface area contributed by atoms with E-state index in [1.54, 1.807) is 29.6 Å². The van der Waals surface area contributed by atoms with Gasteiger partial charge in [-0.15, -0.1) is 11.3 Å². The summed E-state index contributed by atoms with van der Waals surface area (Å²) in [6.07, 6.45) is 0. The molecule has 4 rings (SSSR count). The van der Waals surface area contributed by atoms with Crippen molar-refractivity contribution in [2.45, 2.75) is 4.90 Å². The highest BCUT2D eigenvalue weighted by atomic mass is 35.5. The van der Waals surface area contributed by atoms with Crippen molar-refractivity contribution < 1.29 is 13.2 Å². The van der Waals surface area contributed by atoms with Gasteiger partial charge in [0.25, 0.3) is 0 Å². The van der Waals surface area contributed by atoms with E-state index in [9.17, 15) is 13.2 Å². The van der Waals surface area contributed by atoms with Crippen LogP contribution in [0.15, 0.2) is 77.0 Å². The Morgan fingerprint density at radius 1 is 1.00 bits per heavy atom. The topological polar surface area (TPSA) is 76.1 Å². The lowest BCUT2D eigenvalue weighted by molar-refractivity contribution is -0.113. The standard InChI is InChI=1S/C21H15ClN2O3S2/c22-17-8-5-15(6-9-17)19-12-28-21(23-19)24-20(25)13-29(26,27)18-10-7-14-3-1-2-4-16(14)11-18/h1-12H,13H2,(H,23,24,25). The molecule has 1 heterocycles. The van der Waals surface area contributed by atoms with Crippen LogP contribution >= 0.6 is 22.9 Å². The first kappa shape index (κ1) is 19.6. The molecule has 0 aliphatic carbocycles. The fourth-order valence-electron chi connectivity index (χ4n) is 2.86. The van der Waals surface area contributed by atoms with Crippen LogP contribution in [0.1, 0.15) is 0 Å². The van der Waals surface area contributed by atoms with E-state index in [4.69, 9.17) is 11.6 Å². The fraction of sp³-hybridized carbons (Fsp3) is 0.0476. The van der Waals surface area contributed by atoms with E-state index in [1.165, 1.54) is 17.4 Å². The third-order valence-corrected chi connectivity index (χ3v) is 6.92. The first-order valence-corrected chi connectivity index (χ1v) is 11.5. The highest BCUT2D eigenvalue weighted by molar-refractivity contribution is 7.92. The number of carbonyl (C=O) groups is 1. The van der Waals surface area contributed by atoms with Gasteiger partial charge in [0.1, 0.15) is 5.75 Å². The summed E-state index contributed by atoms with van der Waals surface area (Å²) in [5.74, 6) is -1.28. The summed E-state index contributed by atoms with van der Waals surface area (Å²) in [6, 6.07) is 19.5. The number of aromatic nitrogens is 1. The predicted molar refractivity (Wildman–Crippen MR) is 117 cm³/mol. The second kappa shape index (κ2) is 7.94. The minimum atomic E-state index is -3.77. The average Bonchev–Trinajstić information content (AvgIpc) is 3.16. The Morgan fingerprint density at radius 3 is 2.48 bits per heavy atom. The summed E-state index contributed by atoms with van der Waals surface area (Å²) in [5, 5.41) is 7.07. The highest BCUT2D eigenvalue weighted by Gasteiger charge is 2.20. The second-order valence-electron chi connectivity index (χ2n) is 6.36. The van der Waals surface area contributed by atoms with Crippen LogP contribution in [0.25, 0.3) is 22.0 Å². The Balaban J connectivity index is 1.48. The Labute approximate surface area is 176 Å². The van der Waals surface area contributed by atoms with Gasteiger partial charge in [-0.2, -0.15) is 0 Å². The molecule has 29 heavy (non-hydrogen) atoms. The van der Waals surface area contributed by atoms with Crippen molar-refractivity contribution in [3.63, 3.8) is 0 Å². The van der Waals surface area contributed by atoms with Gasteiger partial charge in [-0.1, -0.05) is 54.1 Å². The van der Waals surface area contributed by atoms with Gasteiger partial charge in [0.15, 0.2) is 15.0 Å². The van der Waals surface area contributed by atoms with Gasteiger partial charge in [0.05, 0.1) is 10.6 Å². The number of hydrogen-bond donors (Lipinski definition) is 1. The maximum Gasteiger partial charge on any atom is 0.241 e. The molecule has 146 valence electrons. The second-order valence-corrected chi connectivity index (χ2v) is 9.65. The number of benzene rings is 3. The van der Waals surface area contributed by atoms with Crippen LogP contribution in [0.4, 0.5) is 5.13 Å². The third-order valence-electron chi connectivity index (χ3n) is 4.29. The summed E-state index contributed by atoms with van der Waals surface area (Å²) in [7, 11) is -3.77. The van der Waals surface area contributed by atoms with Crippen molar-refractivity contribution in [1.29, 1.82) is 0 Å². The number of nitrogens with zero attached hydrogens (tertiary/aromatic N) is 1. The predicted octanol–water partition coefficient (Wildman–Crippen LogP) is 5.03. The van der Waals surface area contributed by atoms with Crippen LogP contribution in [0, 0.1) is 0 Å². The zero-order valence-corrected chi connectivity index (χ0v) is 17.4. The van der Waals surface area contributed by atoms with Crippen LogP contribution in [0.2, 0.25) is 5.02 Å². The van der Waals surface area contributed by atoms with Gasteiger partial charge in [0.2, 0.25) is 5.91 Å². The van der Waals surface area contributed by atoms with E-state index in [2.05, 4.69) is 10.3 Å². The molecule has 0 atom stereocenters. The zero-order valence-electron chi connectivity index (χ0n) is 15.0. The van der Waals surface area contributed by atoms with E-state index >= 15 is 0 Å². The molecule has 0 spiro atoms. The monoisotopic (exact) mass is 442 g/mol. The Hall–Kier alpha value is -2.74. The number of fused-ring (bicyclic) bond motifs is 1. The molecule has 0 saturated carbocycles. The van der Waals surface area contributed by atoms with Gasteiger partial charge < -0.3 is 5.32 Å². The minimum absolute atomic E-state index is 0.118. The van der Waals surface area contributed by atoms with E-state index in [0.29, 0.717) is 15.8 Å². The maximum atomic E-state index is 12.6. The highest BCUT2D eigenvalue weighted by Crippen LogP contribution is 2.26. The van der Waals surface area contributed by atoms with Gasteiger partial charge in [-0.25, -0.2) is 13.4 Å². The fourth-order valence-corrected chi connectivity index (χ4v) is 4.88. The lowest BCUT2D eigenvalue weighted by atomic mass is 10.1. The molecular formula is C21H15ClN2O3S2. The summed E-state index contributed by atoms with van der Waals surface area (Å²) < 4.78 is 25.3. The molecule has 4 aromatic rings. The van der Waals surface area contributed by atoms with Crippen LogP contribution in [0.3, 0.4) is 0 Å². The van der Waals surface area contributed by atoms with Crippen LogP contribution in [-0.4, -0.2) is 25.1 Å². The SMILES string of the molecule is O=C(CS(=O)(=O)c1ccc2ccccc2c1)Nc1nc(-c2ccc(Cl)cc2)cs1. The molecule has 8 heteroatoms. The molecule has 0 unspecified atom stereocenters. The molecule has 0 aliphatic rings. The van der Waals surface area contributed by atoms with Crippen molar-refractivity contribution in [2.24, 2.45) is 0 Å².